The van der Waals surface area contributed by atoms with Gasteiger partial charge in [-0.1, -0.05) is 18.2 Å². The zero-order valence-corrected chi connectivity index (χ0v) is 12.3. The van der Waals surface area contributed by atoms with E-state index < -0.39 is 0 Å². The fourth-order valence-electron chi connectivity index (χ4n) is 2.67. The predicted octanol–water partition coefficient (Wildman–Crippen LogP) is 3.76. The number of hydrogen-bond acceptors (Lipinski definition) is 2. The second kappa shape index (κ2) is 6.06. The van der Waals surface area contributed by atoms with Crippen molar-refractivity contribution in [1.82, 2.24) is 5.32 Å². The highest BCUT2D eigenvalue weighted by Crippen LogP contribution is 2.33. The summed E-state index contributed by atoms with van der Waals surface area (Å²) >= 11 is 0. The van der Waals surface area contributed by atoms with Crippen molar-refractivity contribution in [2.24, 2.45) is 0 Å². The van der Waals surface area contributed by atoms with Crippen molar-refractivity contribution < 1.29 is 9.13 Å². The van der Waals surface area contributed by atoms with Crippen LogP contribution in [0.15, 0.2) is 36.4 Å². The van der Waals surface area contributed by atoms with Gasteiger partial charge in [0.15, 0.2) is 0 Å². The molecule has 2 aromatic rings. The molecule has 2 nitrogen and oxygen atoms in total. The third kappa shape index (κ3) is 2.68. The third-order valence-corrected chi connectivity index (χ3v) is 3.62. The summed E-state index contributed by atoms with van der Waals surface area (Å²) in [5.41, 5.74) is 4.33. The molecule has 0 saturated carbocycles. The van der Waals surface area contributed by atoms with Gasteiger partial charge in [0.2, 0.25) is 0 Å². The Bertz CT molecular complexity index is 590. The molecule has 0 amide bonds. The highest BCUT2D eigenvalue weighted by molar-refractivity contribution is 5.46. The van der Waals surface area contributed by atoms with Crippen molar-refractivity contribution in [2.75, 3.05) is 14.2 Å². The van der Waals surface area contributed by atoms with Gasteiger partial charge in [-0.25, -0.2) is 4.39 Å². The molecule has 0 saturated heterocycles. The van der Waals surface area contributed by atoms with Crippen molar-refractivity contribution in [3.8, 4) is 5.75 Å². The fourth-order valence-corrected chi connectivity index (χ4v) is 2.67. The molecule has 1 unspecified atom stereocenters. The monoisotopic (exact) mass is 273 g/mol. The van der Waals surface area contributed by atoms with E-state index in [1.165, 1.54) is 28.8 Å². The Morgan fingerprint density at radius 1 is 1.10 bits per heavy atom. The summed E-state index contributed by atoms with van der Waals surface area (Å²) in [6, 6.07) is 10.7. The van der Waals surface area contributed by atoms with Gasteiger partial charge >= 0.3 is 0 Å². The van der Waals surface area contributed by atoms with E-state index in [1.807, 2.05) is 13.1 Å². The average Bonchev–Trinajstić information content (AvgIpc) is 2.43. The van der Waals surface area contributed by atoms with Crippen LogP contribution in [-0.2, 0) is 0 Å². The van der Waals surface area contributed by atoms with Crippen LogP contribution < -0.4 is 10.1 Å². The van der Waals surface area contributed by atoms with E-state index >= 15 is 0 Å². The second-order valence-corrected chi connectivity index (χ2v) is 4.91. The van der Waals surface area contributed by atoms with E-state index in [1.54, 1.807) is 13.2 Å². The van der Waals surface area contributed by atoms with Gasteiger partial charge in [0, 0.05) is 5.56 Å². The molecule has 0 aliphatic rings. The van der Waals surface area contributed by atoms with E-state index in [-0.39, 0.29) is 11.9 Å². The summed E-state index contributed by atoms with van der Waals surface area (Å²) in [6.07, 6.45) is 0. The first kappa shape index (κ1) is 14.5. The normalized spacial score (nSPS) is 12.2. The van der Waals surface area contributed by atoms with Gasteiger partial charge in [0.25, 0.3) is 0 Å². The highest BCUT2D eigenvalue weighted by atomic mass is 19.1. The molecule has 0 heterocycles. The Balaban J connectivity index is 2.61. The van der Waals surface area contributed by atoms with Crippen molar-refractivity contribution in [1.29, 1.82) is 0 Å². The van der Waals surface area contributed by atoms with E-state index in [9.17, 15) is 4.39 Å². The van der Waals surface area contributed by atoms with Crippen LogP contribution in [0.5, 0.6) is 5.75 Å². The van der Waals surface area contributed by atoms with Crippen LogP contribution in [0.1, 0.15) is 28.3 Å². The standard InChI is InChI=1S/C17H20FNO/c1-11-6-5-7-12(2)16(11)17(19-3)14-10-13(18)8-9-15(14)20-4/h5-10,17,19H,1-4H3. The Morgan fingerprint density at radius 3 is 2.30 bits per heavy atom. The van der Waals surface area contributed by atoms with Crippen LogP contribution in [0, 0.1) is 19.7 Å². The maximum Gasteiger partial charge on any atom is 0.124 e. The first-order valence-corrected chi connectivity index (χ1v) is 6.65. The second-order valence-electron chi connectivity index (χ2n) is 4.91. The minimum Gasteiger partial charge on any atom is -0.496 e. The number of rotatable bonds is 4. The molecule has 2 rings (SSSR count). The number of ether oxygens (including phenoxy) is 1. The molecule has 1 atom stereocenters. The molecular weight excluding hydrogens is 253 g/mol. The lowest BCUT2D eigenvalue weighted by molar-refractivity contribution is 0.403. The Labute approximate surface area is 119 Å². The lowest BCUT2D eigenvalue weighted by atomic mass is 9.91. The van der Waals surface area contributed by atoms with Gasteiger partial charge < -0.3 is 10.1 Å². The number of benzene rings is 2. The molecule has 0 spiro atoms. The molecule has 0 aliphatic heterocycles. The molecular formula is C17H20FNO. The summed E-state index contributed by atoms with van der Waals surface area (Å²) in [6.45, 7) is 4.14. The molecule has 0 radical (unpaired) electrons. The third-order valence-electron chi connectivity index (χ3n) is 3.62. The summed E-state index contributed by atoms with van der Waals surface area (Å²) in [5.74, 6) is 0.431. The summed E-state index contributed by atoms with van der Waals surface area (Å²) in [7, 11) is 3.48. The highest BCUT2D eigenvalue weighted by Gasteiger charge is 2.20. The number of halogens is 1. The van der Waals surface area contributed by atoms with Crippen LogP contribution in [0.3, 0.4) is 0 Å². The van der Waals surface area contributed by atoms with Gasteiger partial charge in [-0.2, -0.15) is 0 Å². The van der Waals surface area contributed by atoms with Crippen LogP contribution in [0.25, 0.3) is 0 Å². The molecule has 0 bridgehead atoms. The predicted molar refractivity (Wildman–Crippen MR) is 79.8 cm³/mol. The largest absolute Gasteiger partial charge is 0.496 e. The minimum atomic E-state index is -0.257. The molecule has 0 aliphatic carbocycles. The van der Waals surface area contributed by atoms with E-state index in [4.69, 9.17) is 4.74 Å². The first-order chi connectivity index (χ1) is 9.58. The van der Waals surface area contributed by atoms with Crippen molar-refractivity contribution >= 4 is 0 Å². The van der Waals surface area contributed by atoms with E-state index in [2.05, 4.69) is 31.3 Å². The van der Waals surface area contributed by atoms with E-state index in [0.717, 1.165) is 5.56 Å². The van der Waals surface area contributed by atoms with Gasteiger partial charge in [-0.15, -0.1) is 0 Å². The Morgan fingerprint density at radius 2 is 1.75 bits per heavy atom. The zero-order valence-electron chi connectivity index (χ0n) is 12.3. The molecule has 106 valence electrons. The van der Waals surface area contributed by atoms with Crippen LogP contribution >= 0.6 is 0 Å². The maximum atomic E-state index is 13.6. The van der Waals surface area contributed by atoms with Crippen LogP contribution in [-0.4, -0.2) is 14.2 Å². The summed E-state index contributed by atoms with van der Waals surface area (Å²) in [4.78, 5) is 0. The lowest BCUT2D eigenvalue weighted by Gasteiger charge is -2.23. The molecule has 0 aromatic heterocycles. The first-order valence-electron chi connectivity index (χ1n) is 6.65. The SMILES string of the molecule is CNC(c1cc(F)ccc1OC)c1c(C)cccc1C. The topological polar surface area (TPSA) is 21.3 Å². The van der Waals surface area contributed by atoms with Gasteiger partial charge in [0.1, 0.15) is 11.6 Å². The zero-order chi connectivity index (χ0) is 14.7. The average molecular weight is 273 g/mol. The summed E-state index contributed by atoms with van der Waals surface area (Å²) in [5, 5.41) is 3.27. The van der Waals surface area contributed by atoms with Crippen LogP contribution in [0.4, 0.5) is 4.39 Å². The lowest BCUT2D eigenvalue weighted by Crippen LogP contribution is -2.20. The quantitative estimate of drug-likeness (QED) is 0.915. The molecule has 1 N–H and O–H groups in total. The number of aryl methyl sites for hydroxylation is 2. The van der Waals surface area contributed by atoms with E-state index in [0.29, 0.717) is 5.75 Å². The van der Waals surface area contributed by atoms with Gasteiger partial charge in [-0.05, 0) is 55.8 Å². The summed E-state index contributed by atoms with van der Waals surface area (Å²) < 4.78 is 19.0. The molecule has 0 fully saturated rings. The van der Waals surface area contributed by atoms with Gasteiger partial charge in [0.05, 0.1) is 13.2 Å². The number of methoxy groups -OCH3 is 1. The van der Waals surface area contributed by atoms with Crippen LogP contribution in [0.2, 0.25) is 0 Å². The smallest absolute Gasteiger partial charge is 0.124 e. The number of hydrogen-bond donors (Lipinski definition) is 1. The fraction of sp³-hybridized carbons (Fsp3) is 0.294. The van der Waals surface area contributed by atoms with Crippen molar-refractivity contribution in [3.63, 3.8) is 0 Å². The maximum absolute atomic E-state index is 13.6. The van der Waals surface area contributed by atoms with Crippen molar-refractivity contribution in [2.45, 2.75) is 19.9 Å². The van der Waals surface area contributed by atoms with Crippen molar-refractivity contribution in [3.05, 3.63) is 64.5 Å². The Kier molecular flexibility index (Phi) is 4.40. The molecule has 20 heavy (non-hydrogen) atoms. The Hall–Kier alpha value is -1.87. The molecule has 3 heteroatoms. The van der Waals surface area contributed by atoms with Gasteiger partial charge in [-0.3, -0.25) is 0 Å². The number of nitrogens with one attached hydrogen (secondary N) is 1. The molecule has 2 aromatic carbocycles. The minimum absolute atomic E-state index is 0.0955.